The zero-order valence-corrected chi connectivity index (χ0v) is 19.7. The van der Waals surface area contributed by atoms with Crippen molar-refractivity contribution in [2.75, 3.05) is 12.0 Å². The number of amides is 2. The normalized spacial score (nSPS) is 30.1. The summed E-state index contributed by atoms with van der Waals surface area (Å²) in [6.45, 7) is 0. The second-order valence-corrected chi connectivity index (χ2v) is 10.7. The van der Waals surface area contributed by atoms with Gasteiger partial charge in [0.1, 0.15) is 5.75 Å². The molecular formula is C25H17Br2NO3. The maximum Gasteiger partial charge on any atom is 0.239 e. The van der Waals surface area contributed by atoms with Crippen LogP contribution in [0.2, 0.25) is 0 Å². The van der Waals surface area contributed by atoms with Gasteiger partial charge in [0.15, 0.2) is 0 Å². The minimum Gasteiger partial charge on any atom is -0.497 e. The lowest BCUT2D eigenvalue weighted by Crippen LogP contribution is -2.56. The average Bonchev–Trinajstić information content (AvgIpc) is 3.08. The third kappa shape index (κ3) is 2.15. The minimum atomic E-state index is -0.770. The number of alkyl halides is 2. The molecule has 1 fully saturated rings. The molecule has 6 heteroatoms. The first kappa shape index (κ1) is 19.3. The first-order valence-corrected chi connectivity index (χ1v) is 11.6. The number of anilines is 1. The minimum absolute atomic E-state index is 0.190. The highest BCUT2D eigenvalue weighted by Gasteiger charge is 2.72. The average molecular weight is 539 g/mol. The molecule has 3 aromatic carbocycles. The Morgan fingerprint density at radius 3 is 1.45 bits per heavy atom. The van der Waals surface area contributed by atoms with E-state index in [0.29, 0.717) is 11.4 Å². The zero-order valence-electron chi connectivity index (χ0n) is 16.5. The van der Waals surface area contributed by atoms with Crippen molar-refractivity contribution in [3.63, 3.8) is 0 Å². The van der Waals surface area contributed by atoms with Gasteiger partial charge in [-0.15, -0.1) is 0 Å². The third-order valence-corrected chi connectivity index (χ3v) is 9.61. The monoisotopic (exact) mass is 537 g/mol. The molecule has 4 nitrogen and oxygen atoms in total. The van der Waals surface area contributed by atoms with Gasteiger partial charge in [-0.25, -0.2) is 4.90 Å². The van der Waals surface area contributed by atoms with Crippen LogP contribution in [0.5, 0.6) is 5.75 Å². The van der Waals surface area contributed by atoms with Crippen molar-refractivity contribution >= 4 is 49.4 Å². The van der Waals surface area contributed by atoms with Gasteiger partial charge in [0, 0.05) is 0 Å². The van der Waals surface area contributed by atoms with Crippen LogP contribution in [-0.4, -0.2) is 18.9 Å². The van der Waals surface area contributed by atoms with Crippen molar-refractivity contribution in [2.45, 2.75) is 8.65 Å². The molecular weight excluding hydrogens is 522 g/mol. The summed E-state index contributed by atoms with van der Waals surface area (Å²) in [5, 5.41) is 0. The number of ether oxygens (including phenoxy) is 1. The van der Waals surface area contributed by atoms with E-state index in [-0.39, 0.29) is 11.8 Å². The number of methoxy groups -OCH3 is 1. The predicted molar refractivity (Wildman–Crippen MR) is 125 cm³/mol. The lowest BCUT2D eigenvalue weighted by molar-refractivity contribution is -0.122. The molecule has 1 saturated heterocycles. The number of carbonyl (C=O) groups excluding carboxylic acids is 2. The highest BCUT2D eigenvalue weighted by atomic mass is 79.9. The quantitative estimate of drug-likeness (QED) is 0.336. The van der Waals surface area contributed by atoms with Gasteiger partial charge < -0.3 is 4.74 Å². The Labute approximate surface area is 196 Å². The van der Waals surface area contributed by atoms with E-state index < -0.39 is 20.5 Å². The first-order chi connectivity index (χ1) is 14.9. The molecule has 2 bridgehead atoms. The number of hydrogen-bond donors (Lipinski definition) is 0. The molecule has 4 aliphatic rings. The largest absolute Gasteiger partial charge is 0.497 e. The maximum absolute atomic E-state index is 13.9. The van der Waals surface area contributed by atoms with Gasteiger partial charge in [0.25, 0.3) is 0 Å². The summed E-state index contributed by atoms with van der Waals surface area (Å²) >= 11 is 8.02. The molecule has 0 radical (unpaired) electrons. The molecule has 1 heterocycles. The van der Waals surface area contributed by atoms with E-state index in [9.17, 15) is 9.59 Å². The fraction of sp³-hybridized carbons (Fsp3) is 0.200. The smallest absolute Gasteiger partial charge is 0.239 e. The lowest BCUT2D eigenvalue weighted by atomic mass is 9.54. The Morgan fingerprint density at radius 2 is 1.10 bits per heavy atom. The summed E-state index contributed by atoms with van der Waals surface area (Å²) in [6, 6.07) is 23.2. The molecule has 3 aromatic rings. The van der Waals surface area contributed by atoms with Gasteiger partial charge in [-0.2, -0.15) is 0 Å². The number of halogens is 2. The molecule has 0 aromatic heterocycles. The number of hydrogen-bond acceptors (Lipinski definition) is 3. The molecule has 0 spiro atoms. The van der Waals surface area contributed by atoms with Crippen LogP contribution in [0.3, 0.4) is 0 Å². The Balaban J connectivity index is 1.62. The lowest BCUT2D eigenvalue weighted by Gasteiger charge is -2.55. The van der Waals surface area contributed by atoms with Crippen LogP contribution in [0, 0.1) is 11.8 Å². The fourth-order valence-electron chi connectivity index (χ4n) is 5.65. The Bertz CT molecular complexity index is 1150. The highest BCUT2D eigenvalue weighted by Crippen LogP contribution is 2.70. The molecule has 2 atom stereocenters. The van der Waals surface area contributed by atoms with Crippen molar-refractivity contribution in [3.8, 4) is 5.75 Å². The highest BCUT2D eigenvalue weighted by molar-refractivity contribution is 9.10. The van der Waals surface area contributed by atoms with Gasteiger partial charge in [0.05, 0.1) is 33.3 Å². The summed E-state index contributed by atoms with van der Waals surface area (Å²) in [4.78, 5) is 29.1. The molecule has 7 rings (SSSR count). The van der Waals surface area contributed by atoms with Crippen molar-refractivity contribution in [1.82, 2.24) is 0 Å². The molecule has 154 valence electrons. The zero-order chi connectivity index (χ0) is 21.5. The summed E-state index contributed by atoms with van der Waals surface area (Å²) < 4.78 is 3.70. The second-order valence-electron chi connectivity index (χ2n) is 8.18. The van der Waals surface area contributed by atoms with Gasteiger partial charge in [-0.05, 0) is 46.5 Å². The van der Waals surface area contributed by atoms with Crippen LogP contribution < -0.4 is 9.64 Å². The Hall–Kier alpha value is -2.44. The number of benzene rings is 3. The van der Waals surface area contributed by atoms with Crippen LogP contribution in [0.1, 0.15) is 22.3 Å². The van der Waals surface area contributed by atoms with Gasteiger partial charge in [0.2, 0.25) is 11.8 Å². The molecule has 0 saturated carbocycles. The van der Waals surface area contributed by atoms with E-state index in [2.05, 4.69) is 56.1 Å². The fourth-order valence-corrected chi connectivity index (χ4v) is 7.96. The third-order valence-electron chi connectivity index (χ3n) is 6.92. The van der Waals surface area contributed by atoms with Crippen LogP contribution in [0.4, 0.5) is 5.69 Å². The first-order valence-electron chi connectivity index (χ1n) is 10.0. The van der Waals surface area contributed by atoms with E-state index in [1.54, 1.807) is 31.4 Å². The van der Waals surface area contributed by atoms with Crippen LogP contribution in [0.25, 0.3) is 0 Å². The van der Waals surface area contributed by atoms with Crippen molar-refractivity contribution in [2.24, 2.45) is 11.8 Å². The van der Waals surface area contributed by atoms with Crippen molar-refractivity contribution in [3.05, 3.63) is 95.1 Å². The summed E-state index contributed by atoms with van der Waals surface area (Å²) in [5.74, 6) is -0.832. The molecule has 31 heavy (non-hydrogen) atoms. The van der Waals surface area contributed by atoms with E-state index in [0.717, 1.165) is 22.3 Å². The number of nitrogens with zero attached hydrogens (tertiary/aromatic N) is 1. The molecule has 0 N–H and O–H groups in total. The molecule has 0 unspecified atom stereocenters. The maximum atomic E-state index is 13.9. The van der Waals surface area contributed by atoms with E-state index in [4.69, 9.17) is 4.74 Å². The Kier molecular flexibility index (Phi) is 3.91. The van der Waals surface area contributed by atoms with Crippen molar-refractivity contribution in [1.29, 1.82) is 0 Å². The summed E-state index contributed by atoms with van der Waals surface area (Å²) in [5.41, 5.74) is 4.69. The van der Waals surface area contributed by atoms with Crippen molar-refractivity contribution < 1.29 is 14.3 Å². The standard InChI is InChI=1S/C25H17Br2NO3/c1-31-15-12-10-14(11-13-15)28-22(29)20-21(23(28)30)25(27)17-7-3-2-6-16(17)24(20,26)18-8-4-5-9-19(18)25/h2-13,20-21H,1H3/t20-,21-,24?,25?/m0/s1. The summed E-state index contributed by atoms with van der Waals surface area (Å²) in [7, 11) is 1.59. The number of rotatable bonds is 2. The van der Waals surface area contributed by atoms with Gasteiger partial charge in [-0.1, -0.05) is 80.4 Å². The van der Waals surface area contributed by atoms with Crippen LogP contribution >= 0.6 is 31.9 Å². The molecule has 1 aliphatic heterocycles. The summed E-state index contributed by atoms with van der Waals surface area (Å²) in [6.07, 6.45) is 0. The number of imide groups is 1. The van der Waals surface area contributed by atoms with Crippen LogP contribution in [0.15, 0.2) is 72.8 Å². The molecule has 3 aliphatic carbocycles. The predicted octanol–water partition coefficient (Wildman–Crippen LogP) is 5.11. The molecule has 2 amide bonds. The van der Waals surface area contributed by atoms with Crippen LogP contribution in [-0.2, 0) is 18.2 Å². The van der Waals surface area contributed by atoms with E-state index in [1.165, 1.54) is 4.90 Å². The van der Waals surface area contributed by atoms with Gasteiger partial charge in [-0.3, -0.25) is 9.59 Å². The Morgan fingerprint density at radius 1 is 0.710 bits per heavy atom. The van der Waals surface area contributed by atoms with E-state index in [1.807, 2.05) is 24.3 Å². The topological polar surface area (TPSA) is 46.6 Å². The SMILES string of the molecule is COc1ccc(N2C(=O)[C@@H]3[C@@H](C2=O)C2(Br)c4ccccc4C3(Br)c3ccccc32)cc1. The van der Waals surface area contributed by atoms with Gasteiger partial charge >= 0.3 is 0 Å². The second kappa shape index (κ2) is 6.30. The number of carbonyl (C=O) groups is 2. The van der Waals surface area contributed by atoms with E-state index >= 15 is 0 Å².